The molecule has 0 aromatic heterocycles. The first-order valence-electron chi connectivity index (χ1n) is 13.3. The van der Waals surface area contributed by atoms with Crippen LogP contribution in [0.5, 0.6) is 0 Å². The molecule has 4 saturated carbocycles. The molecule has 176 valence electrons. The number of aliphatic hydroxyl groups is 1. The van der Waals surface area contributed by atoms with E-state index in [1.807, 2.05) is 0 Å². The highest BCUT2D eigenvalue weighted by Gasteiger charge is 2.75. The monoisotopic (exact) mass is 430 g/mol. The number of allylic oxidation sites excluding steroid dienone is 2. The fraction of sp³-hybridized carbons (Fsp3) is 0.929. The summed E-state index contributed by atoms with van der Waals surface area (Å²) in [5.41, 5.74) is 0.133. The van der Waals surface area contributed by atoms with Crippen LogP contribution in [0.4, 0.5) is 0 Å². The first kappa shape index (κ1) is 22.4. The normalized spacial score (nSPS) is 53.3. The third-order valence-electron chi connectivity index (χ3n) is 11.6. The lowest BCUT2D eigenvalue weighted by atomic mass is 9.40. The average Bonchev–Trinajstić information content (AvgIpc) is 3.09. The van der Waals surface area contributed by atoms with Gasteiger partial charge in [-0.1, -0.05) is 53.7 Å². The Labute approximate surface area is 190 Å². The highest BCUT2D eigenvalue weighted by Crippen LogP contribution is 2.74. The predicted molar refractivity (Wildman–Crippen MR) is 124 cm³/mol. The summed E-state index contributed by atoms with van der Waals surface area (Å²) in [5, 5.41) is 10.4. The van der Waals surface area contributed by atoms with Crippen LogP contribution in [-0.4, -0.2) is 22.4 Å². The van der Waals surface area contributed by atoms with Crippen molar-refractivity contribution in [2.75, 3.05) is 0 Å². The third-order valence-corrected chi connectivity index (χ3v) is 11.6. The molecule has 10 atom stereocenters. The van der Waals surface area contributed by atoms with Crippen molar-refractivity contribution in [1.82, 2.24) is 0 Å². The van der Waals surface area contributed by atoms with Gasteiger partial charge in [0.25, 0.3) is 0 Å². The average molecular weight is 431 g/mol. The molecule has 2 bridgehead atoms. The first-order chi connectivity index (χ1) is 14.6. The number of hydrogen-bond acceptors (Lipinski definition) is 3. The van der Waals surface area contributed by atoms with E-state index in [2.05, 4.69) is 53.7 Å². The van der Waals surface area contributed by atoms with Crippen molar-refractivity contribution in [1.29, 1.82) is 0 Å². The summed E-state index contributed by atoms with van der Waals surface area (Å²) in [7, 11) is 0. The first-order valence-corrected chi connectivity index (χ1v) is 13.3. The van der Waals surface area contributed by atoms with Gasteiger partial charge in [-0.15, -0.1) is 0 Å². The second kappa shape index (κ2) is 7.31. The second-order valence-corrected chi connectivity index (χ2v) is 13.1. The van der Waals surface area contributed by atoms with E-state index in [0.29, 0.717) is 35.0 Å². The van der Waals surface area contributed by atoms with Gasteiger partial charge in [0.2, 0.25) is 0 Å². The van der Waals surface area contributed by atoms with Crippen molar-refractivity contribution >= 4 is 0 Å². The lowest BCUT2D eigenvalue weighted by Crippen LogP contribution is -2.75. The maximum Gasteiger partial charge on any atom is 0.112 e. The molecule has 6 fully saturated rings. The SMILES string of the molecule is CC(C)[C@@H](C)/C=C/[C@@H](C)C1CCC2C1(C)CCC1C3(C)CCC(O)C[C@]34CC[C@]21OO4. The van der Waals surface area contributed by atoms with E-state index in [0.717, 1.165) is 38.0 Å². The maximum absolute atomic E-state index is 10.4. The topological polar surface area (TPSA) is 38.7 Å². The minimum absolute atomic E-state index is 0.102. The quantitative estimate of drug-likeness (QED) is 0.398. The lowest BCUT2D eigenvalue weighted by Gasteiger charge is -2.72. The molecule has 0 aromatic rings. The van der Waals surface area contributed by atoms with Crippen molar-refractivity contribution in [2.45, 2.75) is 117 Å². The summed E-state index contributed by atoms with van der Waals surface area (Å²) in [6, 6.07) is 0. The zero-order valence-electron chi connectivity index (χ0n) is 20.8. The van der Waals surface area contributed by atoms with Crippen LogP contribution >= 0.6 is 0 Å². The molecule has 0 radical (unpaired) electrons. The molecule has 2 aliphatic heterocycles. The molecular formula is C28H46O3. The van der Waals surface area contributed by atoms with Crippen molar-refractivity contribution in [3.05, 3.63) is 12.2 Å². The van der Waals surface area contributed by atoms with Gasteiger partial charge in [0.05, 0.1) is 6.10 Å². The summed E-state index contributed by atoms with van der Waals surface area (Å²) < 4.78 is 0. The van der Waals surface area contributed by atoms with Crippen LogP contribution in [0, 0.1) is 46.3 Å². The van der Waals surface area contributed by atoms with Crippen LogP contribution in [0.2, 0.25) is 0 Å². The Morgan fingerprint density at radius 1 is 0.839 bits per heavy atom. The van der Waals surface area contributed by atoms with Crippen molar-refractivity contribution < 1.29 is 14.9 Å². The van der Waals surface area contributed by atoms with Crippen molar-refractivity contribution in [2.24, 2.45) is 46.3 Å². The maximum atomic E-state index is 10.4. The van der Waals surface area contributed by atoms with Gasteiger partial charge in [0, 0.05) is 11.8 Å². The Morgan fingerprint density at radius 2 is 1.61 bits per heavy atom. The zero-order chi connectivity index (χ0) is 22.2. The highest BCUT2D eigenvalue weighted by molar-refractivity contribution is 5.23. The van der Waals surface area contributed by atoms with Crippen LogP contribution < -0.4 is 0 Å². The van der Waals surface area contributed by atoms with E-state index in [1.54, 1.807) is 0 Å². The van der Waals surface area contributed by atoms with Crippen LogP contribution in [0.1, 0.15) is 99.3 Å². The molecule has 2 spiro atoms. The molecule has 4 aliphatic carbocycles. The van der Waals surface area contributed by atoms with E-state index >= 15 is 0 Å². The number of rotatable bonds is 4. The summed E-state index contributed by atoms with van der Waals surface area (Å²) in [4.78, 5) is 12.9. The van der Waals surface area contributed by atoms with Crippen molar-refractivity contribution in [3.63, 3.8) is 0 Å². The van der Waals surface area contributed by atoms with E-state index in [9.17, 15) is 5.11 Å². The van der Waals surface area contributed by atoms with Crippen LogP contribution in [-0.2, 0) is 9.78 Å². The predicted octanol–water partition coefficient (Wildman–Crippen LogP) is 6.70. The van der Waals surface area contributed by atoms with Gasteiger partial charge in [0.1, 0.15) is 11.2 Å². The molecule has 6 unspecified atom stereocenters. The van der Waals surface area contributed by atoms with Gasteiger partial charge in [-0.2, -0.15) is 0 Å². The van der Waals surface area contributed by atoms with E-state index in [1.165, 1.54) is 25.7 Å². The lowest BCUT2D eigenvalue weighted by molar-refractivity contribution is -0.536. The second-order valence-electron chi connectivity index (χ2n) is 13.1. The Kier molecular flexibility index (Phi) is 5.28. The fourth-order valence-electron chi connectivity index (χ4n) is 9.32. The number of aliphatic hydroxyl groups excluding tert-OH is 1. The minimum atomic E-state index is -0.258. The Balaban J connectivity index is 1.42. The van der Waals surface area contributed by atoms with Gasteiger partial charge in [-0.25, -0.2) is 9.78 Å². The van der Waals surface area contributed by atoms with Gasteiger partial charge < -0.3 is 5.11 Å². The molecule has 1 N–H and O–H groups in total. The Hall–Kier alpha value is -0.380. The fourth-order valence-corrected chi connectivity index (χ4v) is 9.32. The van der Waals surface area contributed by atoms with Gasteiger partial charge in [0.15, 0.2) is 0 Å². The van der Waals surface area contributed by atoms with Gasteiger partial charge >= 0.3 is 0 Å². The summed E-state index contributed by atoms with van der Waals surface area (Å²) in [6.45, 7) is 14.5. The molecule has 0 aromatic carbocycles. The van der Waals surface area contributed by atoms with Crippen LogP contribution in [0.3, 0.4) is 0 Å². The number of hydrogen-bond donors (Lipinski definition) is 1. The molecular weight excluding hydrogens is 384 g/mol. The smallest absolute Gasteiger partial charge is 0.112 e. The molecule has 2 saturated heterocycles. The minimum Gasteiger partial charge on any atom is -0.393 e. The summed E-state index contributed by atoms with van der Waals surface area (Å²) >= 11 is 0. The summed E-state index contributed by atoms with van der Waals surface area (Å²) in [6.07, 6.45) is 14.9. The number of fused-ring (bicyclic) bond motifs is 3. The molecule has 0 amide bonds. The van der Waals surface area contributed by atoms with Gasteiger partial charge in [-0.3, -0.25) is 0 Å². The van der Waals surface area contributed by atoms with E-state index in [4.69, 9.17) is 9.78 Å². The largest absolute Gasteiger partial charge is 0.393 e. The molecule has 31 heavy (non-hydrogen) atoms. The molecule has 6 aliphatic rings. The Bertz CT molecular complexity index is 720. The van der Waals surface area contributed by atoms with E-state index < -0.39 is 0 Å². The van der Waals surface area contributed by atoms with E-state index in [-0.39, 0.29) is 22.7 Å². The third kappa shape index (κ3) is 2.94. The standard InChI is InChI=1S/C28H46O3/c1-18(2)19(3)7-8-20(4)22-9-10-23-25(22,5)13-12-24-26(6)14-11-21(29)17-27(26)15-16-28(23,24)31-30-27/h7-8,18-24,29H,9-17H2,1-6H3/b8-7+/t19-,20+,21?,22?,23?,24?,25?,26?,27+,28-/m0/s1. The Morgan fingerprint density at radius 3 is 2.29 bits per heavy atom. The van der Waals surface area contributed by atoms with Crippen LogP contribution in [0.25, 0.3) is 0 Å². The summed E-state index contributed by atoms with van der Waals surface area (Å²) in [5.74, 6) is 3.89. The van der Waals surface area contributed by atoms with Crippen molar-refractivity contribution in [3.8, 4) is 0 Å². The molecule has 3 nitrogen and oxygen atoms in total. The highest BCUT2D eigenvalue weighted by atomic mass is 17.2. The molecule has 6 rings (SSSR count). The van der Waals surface area contributed by atoms with Gasteiger partial charge in [-0.05, 0) is 92.3 Å². The molecule has 2 heterocycles. The molecule has 3 heteroatoms. The van der Waals surface area contributed by atoms with Crippen LogP contribution in [0.15, 0.2) is 12.2 Å². The zero-order valence-corrected chi connectivity index (χ0v) is 20.8.